The number of rotatable bonds is 2. The number of anilines is 1. The smallest absolute Gasteiger partial charge is 0.0550 e. The average molecular weight is 188 g/mol. The van der Waals surface area contributed by atoms with Crippen LogP contribution in [0.2, 0.25) is 0 Å². The van der Waals surface area contributed by atoms with Crippen LogP contribution >= 0.6 is 12.4 Å². The third kappa shape index (κ3) is 2.68. The van der Waals surface area contributed by atoms with Crippen LogP contribution in [0, 0.1) is 0 Å². The summed E-state index contributed by atoms with van der Waals surface area (Å²) in [6.07, 6.45) is 3.60. The van der Waals surface area contributed by atoms with Gasteiger partial charge in [0.15, 0.2) is 0 Å². The minimum atomic E-state index is 0. The second kappa shape index (κ2) is 4.95. The van der Waals surface area contributed by atoms with Gasteiger partial charge in [0.05, 0.1) is 11.9 Å². The molecule has 0 aliphatic carbocycles. The highest BCUT2D eigenvalue weighted by Gasteiger charge is 1.95. The number of nitrogens with two attached hydrogens (primary N) is 1. The van der Waals surface area contributed by atoms with Crippen LogP contribution in [0.25, 0.3) is 0 Å². The lowest BCUT2D eigenvalue weighted by Crippen LogP contribution is -2.09. The maximum atomic E-state index is 5.46. The van der Waals surface area contributed by atoms with Crippen LogP contribution < -0.4 is 10.6 Å². The van der Waals surface area contributed by atoms with E-state index in [2.05, 4.69) is 4.98 Å². The van der Waals surface area contributed by atoms with E-state index in [9.17, 15) is 0 Å². The van der Waals surface area contributed by atoms with Gasteiger partial charge in [-0.1, -0.05) is 0 Å². The predicted molar refractivity (Wildman–Crippen MR) is 53.7 cm³/mol. The van der Waals surface area contributed by atoms with Crippen molar-refractivity contribution in [3.05, 3.63) is 24.0 Å². The first-order chi connectivity index (χ1) is 5.24. The van der Waals surface area contributed by atoms with Gasteiger partial charge < -0.3 is 10.6 Å². The molecular weight excluding hydrogens is 174 g/mol. The molecule has 4 heteroatoms. The van der Waals surface area contributed by atoms with E-state index in [-0.39, 0.29) is 12.4 Å². The Hall–Kier alpha value is -0.800. The molecule has 0 aliphatic rings. The van der Waals surface area contributed by atoms with E-state index in [1.165, 1.54) is 0 Å². The Morgan fingerprint density at radius 2 is 2.08 bits per heavy atom. The summed E-state index contributed by atoms with van der Waals surface area (Å²) in [4.78, 5) is 6.06. The molecule has 0 radical (unpaired) electrons. The average Bonchev–Trinajstić information content (AvgIpc) is 2.05. The molecule has 0 saturated heterocycles. The second-order valence-corrected chi connectivity index (χ2v) is 2.65. The number of pyridine rings is 1. The first-order valence-corrected chi connectivity index (χ1v) is 3.55. The zero-order chi connectivity index (χ0) is 8.27. The van der Waals surface area contributed by atoms with E-state index >= 15 is 0 Å². The van der Waals surface area contributed by atoms with Crippen molar-refractivity contribution in [2.24, 2.45) is 5.73 Å². The summed E-state index contributed by atoms with van der Waals surface area (Å²) in [6.45, 7) is 0.550. The van der Waals surface area contributed by atoms with Crippen molar-refractivity contribution in [3.63, 3.8) is 0 Å². The fourth-order valence-corrected chi connectivity index (χ4v) is 0.830. The van der Waals surface area contributed by atoms with Crippen molar-refractivity contribution in [2.75, 3.05) is 19.0 Å². The molecule has 0 fully saturated rings. The van der Waals surface area contributed by atoms with Crippen LogP contribution in [-0.2, 0) is 6.54 Å². The maximum absolute atomic E-state index is 5.46. The molecule has 3 nitrogen and oxygen atoms in total. The Bertz CT molecular complexity index is 237. The lowest BCUT2D eigenvalue weighted by Gasteiger charge is -2.11. The molecule has 1 aromatic rings. The Morgan fingerprint density at radius 1 is 1.42 bits per heavy atom. The molecule has 1 aromatic heterocycles. The third-order valence-corrected chi connectivity index (χ3v) is 1.53. The molecular formula is C8H14ClN3. The van der Waals surface area contributed by atoms with Crippen LogP contribution in [0.1, 0.15) is 5.56 Å². The van der Waals surface area contributed by atoms with E-state index in [1.807, 2.05) is 31.3 Å². The summed E-state index contributed by atoms with van der Waals surface area (Å²) in [5.41, 5.74) is 7.62. The zero-order valence-corrected chi connectivity index (χ0v) is 8.14. The molecule has 0 saturated carbocycles. The lowest BCUT2D eigenvalue weighted by atomic mass is 10.2. The molecule has 0 aliphatic heterocycles. The van der Waals surface area contributed by atoms with Gasteiger partial charge in [-0.3, -0.25) is 4.98 Å². The Labute approximate surface area is 79.0 Å². The number of aromatic nitrogens is 1. The van der Waals surface area contributed by atoms with Gasteiger partial charge in [-0.2, -0.15) is 0 Å². The highest BCUT2D eigenvalue weighted by molar-refractivity contribution is 5.85. The number of hydrogen-bond donors (Lipinski definition) is 1. The normalized spacial score (nSPS) is 8.92. The summed E-state index contributed by atoms with van der Waals surface area (Å²) >= 11 is 0. The molecule has 1 heterocycles. The topological polar surface area (TPSA) is 42.2 Å². The van der Waals surface area contributed by atoms with E-state index in [0.717, 1.165) is 11.3 Å². The van der Waals surface area contributed by atoms with Gasteiger partial charge in [-0.25, -0.2) is 0 Å². The van der Waals surface area contributed by atoms with Crippen LogP contribution in [0.3, 0.4) is 0 Å². The SMILES string of the molecule is CN(C)c1cncc(CN)c1.Cl. The van der Waals surface area contributed by atoms with E-state index in [4.69, 9.17) is 5.73 Å². The van der Waals surface area contributed by atoms with Crippen LogP contribution in [0.5, 0.6) is 0 Å². The van der Waals surface area contributed by atoms with Gasteiger partial charge in [-0.05, 0) is 11.6 Å². The molecule has 0 aromatic carbocycles. The standard InChI is InChI=1S/C8H13N3.ClH/c1-11(2)8-3-7(4-9)5-10-6-8;/h3,5-6H,4,9H2,1-2H3;1H. The van der Waals surface area contributed by atoms with Gasteiger partial charge in [0, 0.05) is 26.8 Å². The summed E-state index contributed by atoms with van der Waals surface area (Å²) in [5.74, 6) is 0. The van der Waals surface area contributed by atoms with Crippen molar-refractivity contribution >= 4 is 18.1 Å². The molecule has 0 unspecified atom stereocenters. The van der Waals surface area contributed by atoms with Crippen molar-refractivity contribution in [1.82, 2.24) is 4.98 Å². The minimum absolute atomic E-state index is 0. The Balaban J connectivity index is 0.00000121. The summed E-state index contributed by atoms with van der Waals surface area (Å²) in [5, 5.41) is 0. The Morgan fingerprint density at radius 3 is 2.58 bits per heavy atom. The molecule has 0 amide bonds. The molecule has 1 rings (SSSR count). The van der Waals surface area contributed by atoms with E-state index < -0.39 is 0 Å². The fourth-order valence-electron chi connectivity index (χ4n) is 0.830. The Kier molecular flexibility index (Phi) is 4.62. The molecule has 12 heavy (non-hydrogen) atoms. The van der Waals surface area contributed by atoms with Gasteiger partial charge in [0.1, 0.15) is 0 Å². The van der Waals surface area contributed by atoms with Gasteiger partial charge in [0.25, 0.3) is 0 Å². The molecule has 0 bridgehead atoms. The first kappa shape index (κ1) is 11.2. The summed E-state index contributed by atoms with van der Waals surface area (Å²) in [6, 6.07) is 2.03. The van der Waals surface area contributed by atoms with Crippen molar-refractivity contribution in [2.45, 2.75) is 6.54 Å². The molecule has 2 N–H and O–H groups in total. The van der Waals surface area contributed by atoms with Crippen molar-refractivity contribution < 1.29 is 0 Å². The van der Waals surface area contributed by atoms with Crippen LogP contribution in [0.15, 0.2) is 18.5 Å². The second-order valence-electron chi connectivity index (χ2n) is 2.65. The predicted octanol–water partition coefficient (Wildman–Crippen LogP) is 1.03. The highest BCUT2D eigenvalue weighted by atomic mass is 35.5. The van der Waals surface area contributed by atoms with Crippen molar-refractivity contribution in [1.29, 1.82) is 0 Å². The monoisotopic (exact) mass is 187 g/mol. The van der Waals surface area contributed by atoms with E-state index in [1.54, 1.807) is 6.20 Å². The van der Waals surface area contributed by atoms with Gasteiger partial charge in [-0.15, -0.1) is 12.4 Å². The van der Waals surface area contributed by atoms with Gasteiger partial charge >= 0.3 is 0 Å². The first-order valence-electron chi connectivity index (χ1n) is 3.55. The fraction of sp³-hybridized carbons (Fsp3) is 0.375. The third-order valence-electron chi connectivity index (χ3n) is 1.53. The zero-order valence-electron chi connectivity index (χ0n) is 7.32. The lowest BCUT2D eigenvalue weighted by molar-refractivity contribution is 1.03. The quantitative estimate of drug-likeness (QED) is 0.752. The van der Waals surface area contributed by atoms with Crippen LogP contribution in [0.4, 0.5) is 5.69 Å². The minimum Gasteiger partial charge on any atom is -0.376 e. The number of hydrogen-bond acceptors (Lipinski definition) is 3. The van der Waals surface area contributed by atoms with Crippen molar-refractivity contribution in [3.8, 4) is 0 Å². The highest BCUT2D eigenvalue weighted by Crippen LogP contribution is 2.09. The summed E-state index contributed by atoms with van der Waals surface area (Å²) < 4.78 is 0. The summed E-state index contributed by atoms with van der Waals surface area (Å²) in [7, 11) is 3.97. The van der Waals surface area contributed by atoms with E-state index in [0.29, 0.717) is 6.54 Å². The van der Waals surface area contributed by atoms with Gasteiger partial charge in [0.2, 0.25) is 0 Å². The molecule has 0 spiro atoms. The molecule has 68 valence electrons. The molecule has 0 atom stereocenters. The number of halogens is 1. The van der Waals surface area contributed by atoms with Crippen LogP contribution in [-0.4, -0.2) is 19.1 Å². The number of nitrogens with zero attached hydrogens (tertiary/aromatic N) is 2. The largest absolute Gasteiger partial charge is 0.376 e. The maximum Gasteiger partial charge on any atom is 0.0550 e.